The molecule has 20 heavy (non-hydrogen) atoms. The smallest absolute Gasteiger partial charge is 0.254 e. The van der Waals surface area contributed by atoms with Crippen LogP contribution in [0.4, 0.5) is 0 Å². The lowest BCUT2D eigenvalue weighted by Crippen LogP contribution is -2.45. The predicted molar refractivity (Wildman–Crippen MR) is 77.4 cm³/mol. The Hall–Kier alpha value is -1.39. The zero-order valence-corrected chi connectivity index (χ0v) is 11.8. The maximum Gasteiger partial charge on any atom is 0.254 e. The monoisotopic (exact) mass is 274 g/mol. The zero-order chi connectivity index (χ0) is 13.9. The highest BCUT2D eigenvalue weighted by molar-refractivity contribution is 5.94. The van der Waals surface area contributed by atoms with E-state index >= 15 is 0 Å². The molecule has 0 saturated heterocycles. The second kappa shape index (κ2) is 5.94. The third-order valence-electron chi connectivity index (χ3n) is 4.42. The number of carbonyl (C=O) groups is 1. The SMILES string of the molecule is O=C(c1ccc2c(c1)CNC2)N(CCCO)C1CCC1. The first-order valence-electron chi connectivity index (χ1n) is 7.54. The van der Waals surface area contributed by atoms with Gasteiger partial charge in [0, 0.05) is 37.8 Å². The van der Waals surface area contributed by atoms with E-state index in [1.165, 1.54) is 17.5 Å². The summed E-state index contributed by atoms with van der Waals surface area (Å²) >= 11 is 0. The quantitative estimate of drug-likeness (QED) is 0.858. The van der Waals surface area contributed by atoms with E-state index in [1.807, 2.05) is 17.0 Å². The van der Waals surface area contributed by atoms with Crippen molar-refractivity contribution < 1.29 is 9.90 Å². The van der Waals surface area contributed by atoms with Crippen molar-refractivity contribution in [2.45, 2.75) is 44.8 Å². The molecule has 4 nitrogen and oxygen atoms in total. The van der Waals surface area contributed by atoms with Gasteiger partial charge in [-0.25, -0.2) is 0 Å². The van der Waals surface area contributed by atoms with Crippen molar-refractivity contribution in [1.29, 1.82) is 0 Å². The number of hydrogen-bond acceptors (Lipinski definition) is 3. The Balaban J connectivity index is 1.77. The Morgan fingerprint density at radius 1 is 1.30 bits per heavy atom. The molecule has 1 aromatic rings. The lowest BCUT2D eigenvalue weighted by atomic mass is 9.90. The lowest BCUT2D eigenvalue weighted by Gasteiger charge is -2.37. The van der Waals surface area contributed by atoms with Crippen LogP contribution in [0.1, 0.15) is 47.2 Å². The number of fused-ring (bicyclic) bond motifs is 1. The highest BCUT2D eigenvalue weighted by Gasteiger charge is 2.29. The summed E-state index contributed by atoms with van der Waals surface area (Å²) in [7, 11) is 0. The van der Waals surface area contributed by atoms with Gasteiger partial charge in [-0.2, -0.15) is 0 Å². The summed E-state index contributed by atoms with van der Waals surface area (Å²) in [5.74, 6) is 0.123. The molecule has 4 heteroatoms. The number of aliphatic hydroxyl groups excluding tert-OH is 1. The van der Waals surface area contributed by atoms with Crippen LogP contribution in [0, 0.1) is 0 Å². The molecule has 3 rings (SSSR count). The fourth-order valence-corrected chi connectivity index (χ4v) is 2.98. The lowest BCUT2D eigenvalue weighted by molar-refractivity contribution is 0.0562. The number of aliphatic hydroxyl groups is 1. The minimum atomic E-state index is 0.123. The number of nitrogens with one attached hydrogen (secondary N) is 1. The minimum absolute atomic E-state index is 0.123. The number of nitrogens with zero attached hydrogens (tertiary/aromatic N) is 1. The van der Waals surface area contributed by atoms with Crippen molar-refractivity contribution in [2.24, 2.45) is 0 Å². The topological polar surface area (TPSA) is 52.6 Å². The summed E-state index contributed by atoms with van der Waals surface area (Å²) in [6, 6.07) is 6.41. The van der Waals surface area contributed by atoms with Crippen LogP contribution in [-0.2, 0) is 13.1 Å². The van der Waals surface area contributed by atoms with E-state index in [-0.39, 0.29) is 12.5 Å². The normalized spacial score (nSPS) is 17.6. The fourth-order valence-electron chi connectivity index (χ4n) is 2.98. The summed E-state index contributed by atoms with van der Waals surface area (Å²) in [5, 5.41) is 12.3. The molecule has 1 saturated carbocycles. The van der Waals surface area contributed by atoms with Gasteiger partial charge in [-0.1, -0.05) is 6.07 Å². The zero-order valence-electron chi connectivity index (χ0n) is 11.8. The molecule has 0 atom stereocenters. The van der Waals surface area contributed by atoms with Crippen molar-refractivity contribution in [3.63, 3.8) is 0 Å². The molecule has 1 fully saturated rings. The van der Waals surface area contributed by atoms with Crippen LogP contribution in [0.5, 0.6) is 0 Å². The van der Waals surface area contributed by atoms with Gasteiger partial charge in [0.2, 0.25) is 0 Å². The van der Waals surface area contributed by atoms with Gasteiger partial charge >= 0.3 is 0 Å². The molecule has 1 amide bonds. The average molecular weight is 274 g/mol. The van der Waals surface area contributed by atoms with Crippen LogP contribution in [0.3, 0.4) is 0 Å². The summed E-state index contributed by atoms with van der Waals surface area (Å²) in [6.45, 7) is 2.57. The molecule has 1 aliphatic carbocycles. The first-order valence-corrected chi connectivity index (χ1v) is 7.54. The first kappa shape index (κ1) is 13.6. The third kappa shape index (κ3) is 2.58. The van der Waals surface area contributed by atoms with Gasteiger partial charge in [-0.3, -0.25) is 4.79 Å². The Labute approximate surface area is 119 Å². The largest absolute Gasteiger partial charge is 0.396 e. The maximum atomic E-state index is 12.7. The van der Waals surface area contributed by atoms with E-state index in [1.54, 1.807) is 0 Å². The molecule has 1 aliphatic heterocycles. The van der Waals surface area contributed by atoms with Crippen molar-refractivity contribution >= 4 is 5.91 Å². The summed E-state index contributed by atoms with van der Waals surface area (Å²) in [5.41, 5.74) is 3.33. The van der Waals surface area contributed by atoms with Crippen LogP contribution in [0.25, 0.3) is 0 Å². The Kier molecular flexibility index (Phi) is 4.03. The number of benzene rings is 1. The second-order valence-corrected chi connectivity index (χ2v) is 5.75. The van der Waals surface area contributed by atoms with Gasteiger partial charge in [-0.05, 0) is 48.9 Å². The van der Waals surface area contributed by atoms with Crippen LogP contribution in [0.15, 0.2) is 18.2 Å². The molecule has 0 unspecified atom stereocenters. The molecular weight excluding hydrogens is 252 g/mol. The molecular formula is C16H22N2O2. The maximum absolute atomic E-state index is 12.7. The van der Waals surface area contributed by atoms with Gasteiger partial charge in [0.25, 0.3) is 5.91 Å². The van der Waals surface area contributed by atoms with Crippen LogP contribution in [0.2, 0.25) is 0 Å². The van der Waals surface area contributed by atoms with Crippen LogP contribution in [-0.4, -0.2) is 35.1 Å². The Morgan fingerprint density at radius 3 is 2.80 bits per heavy atom. The first-order chi connectivity index (χ1) is 9.79. The molecule has 0 spiro atoms. The molecule has 108 valence electrons. The summed E-state index contributed by atoms with van der Waals surface area (Å²) < 4.78 is 0. The van der Waals surface area contributed by atoms with Crippen LogP contribution >= 0.6 is 0 Å². The molecule has 1 aromatic carbocycles. The van der Waals surface area contributed by atoms with Crippen LogP contribution < -0.4 is 5.32 Å². The highest BCUT2D eigenvalue weighted by Crippen LogP contribution is 2.27. The average Bonchev–Trinajstić information content (AvgIpc) is 2.87. The number of carbonyl (C=O) groups excluding carboxylic acids is 1. The minimum Gasteiger partial charge on any atom is -0.396 e. The van der Waals surface area contributed by atoms with Gasteiger partial charge in [-0.15, -0.1) is 0 Å². The van der Waals surface area contributed by atoms with Gasteiger partial charge in [0.15, 0.2) is 0 Å². The van der Waals surface area contributed by atoms with Crippen molar-refractivity contribution in [3.05, 3.63) is 34.9 Å². The van der Waals surface area contributed by atoms with E-state index in [0.717, 1.165) is 31.5 Å². The third-order valence-corrected chi connectivity index (χ3v) is 4.42. The molecule has 2 N–H and O–H groups in total. The van der Waals surface area contributed by atoms with Gasteiger partial charge < -0.3 is 15.3 Å². The van der Waals surface area contributed by atoms with Crippen molar-refractivity contribution in [2.75, 3.05) is 13.2 Å². The number of hydrogen-bond donors (Lipinski definition) is 2. The van der Waals surface area contributed by atoms with Crippen molar-refractivity contribution in [3.8, 4) is 0 Å². The Morgan fingerprint density at radius 2 is 2.10 bits per heavy atom. The van der Waals surface area contributed by atoms with E-state index in [2.05, 4.69) is 11.4 Å². The molecule has 0 bridgehead atoms. The molecule has 0 radical (unpaired) electrons. The molecule has 0 aromatic heterocycles. The summed E-state index contributed by atoms with van der Waals surface area (Å²) in [4.78, 5) is 14.7. The van der Waals surface area contributed by atoms with Gasteiger partial charge in [0.1, 0.15) is 0 Å². The highest BCUT2D eigenvalue weighted by atomic mass is 16.3. The number of amides is 1. The van der Waals surface area contributed by atoms with E-state index in [0.29, 0.717) is 19.0 Å². The molecule has 2 aliphatic rings. The van der Waals surface area contributed by atoms with E-state index in [4.69, 9.17) is 5.11 Å². The fraction of sp³-hybridized carbons (Fsp3) is 0.562. The summed E-state index contributed by atoms with van der Waals surface area (Å²) in [6.07, 6.45) is 4.07. The predicted octanol–water partition coefficient (Wildman–Crippen LogP) is 1.67. The standard InChI is InChI=1S/C16H22N2O2/c19-8-2-7-18(15-3-1-4-15)16(20)12-5-6-13-10-17-11-14(13)9-12/h5-6,9,15,17,19H,1-4,7-8,10-11H2. The molecule has 1 heterocycles. The van der Waals surface area contributed by atoms with Gasteiger partial charge in [0.05, 0.1) is 0 Å². The number of rotatable bonds is 5. The van der Waals surface area contributed by atoms with Crippen molar-refractivity contribution in [1.82, 2.24) is 10.2 Å². The van der Waals surface area contributed by atoms with E-state index in [9.17, 15) is 4.79 Å². The van der Waals surface area contributed by atoms with E-state index < -0.39 is 0 Å². The second-order valence-electron chi connectivity index (χ2n) is 5.75. The Bertz CT molecular complexity index is 497.